The summed E-state index contributed by atoms with van der Waals surface area (Å²) >= 11 is 0. The van der Waals surface area contributed by atoms with Crippen molar-refractivity contribution in [3.8, 4) is 5.75 Å². The first-order valence-corrected chi connectivity index (χ1v) is 3.54. The van der Waals surface area contributed by atoms with Gasteiger partial charge in [0.2, 0.25) is 0 Å². The standard InChI is InChI=1S/C9H11O2.Li/c1-7(10)8-5-3-4-6-9(8)11-2;/h3-7H,1-2H3;/q-1;+1. The van der Waals surface area contributed by atoms with Crippen LogP contribution in [0.25, 0.3) is 0 Å². The van der Waals surface area contributed by atoms with Gasteiger partial charge in [-0.2, -0.15) is 0 Å². The molecule has 1 atom stereocenters. The van der Waals surface area contributed by atoms with Crippen molar-refractivity contribution in [2.24, 2.45) is 0 Å². The van der Waals surface area contributed by atoms with Gasteiger partial charge >= 0.3 is 18.9 Å². The third-order valence-electron chi connectivity index (χ3n) is 1.58. The van der Waals surface area contributed by atoms with Gasteiger partial charge < -0.3 is 9.84 Å². The Balaban J connectivity index is 0.00000121. The summed E-state index contributed by atoms with van der Waals surface area (Å²) in [6, 6.07) is 7.28. The second-order valence-electron chi connectivity index (χ2n) is 2.38. The SMILES string of the molecule is COc1ccccc1C(C)[O-].[Li+]. The van der Waals surface area contributed by atoms with E-state index in [1.54, 1.807) is 26.2 Å². The van der Waals surface area contributed by atoms with E-state index in [0.717, 1.165) is 5.56 Å². The number of methoxy groups -OCH3 is 1. The molecule has 0 fully saturated rings. The normalized spacial score (nSPS) is 11.6. The quantitative estimate of drug-likeness (QED) is 0.472. The van der Waals surface area contributed by atoms with Crippen LogP contribution < -0.4 is 28.7 Å². The molecule has 0 heterocycles. The van der Waals surface area contributed by atoms with Crippen LogP contribution in [0.2, 0.25) is 0 Å². The molecule has 3 heteroatoms. The molecule has 1 aromatic rings. The van der Waals surface area contributed by atoms with Crippen molar-refractivity contribution in [3.05, 3.63) is 29.8 Å². The maximum absolute atomic E-state index is 11.0. The van der Waals surface area contributed by atoms with Gasteiger partial charge in [-0.25, -0.2) is 0 Å². The number of para-hydroxylation sites is 1. The number of rotatable bonds is 2. The smallest absolute Gasteiger partial charge is 0.849 e. The van der Waals surface area contributed by atoms with Crippen LogP contribution in [-0.4, -0.2) is 7.11 Å². The Labute approximate surface area is 84.7 Å². The zero-order valence-electron chi connectivity index (χ0n) is 7.70. The van der Waals surface area contributed by atoms with E-state index >= 15 is 0 Å². The van der Waals surface area contributed by atoms with Gasteiger partial charge in [0.25, 0.3) is 0 Å². The topological polar surface area (TPSA) is 32.3 Å². The first-order chi connectivity index (χ1) is 5.25. The average Bonchev–Trinajstić information content (AvgIpc) is 2.04. The van der Waals surface area contributed by atoms with Gasteiger partial charge in [0.05, 0.1) is 7.11 Å². The molecule has 0 radical (unpaired) electrons. The third-order valence-corrected chi connectivity index (χ3v) is 1.58. The molecule has 0 spiro atoms. The van der Waals surface area contributed by atoms with E-state index in [1.165, 1.54) is 0 Å². The summed E-state index contributed by atoms with van der Waals surface area (Å²) in [6.07, 6.45) is -0.717. The Morgan fingerprint density at radius 2 is 1.92 bits per heavy atom. The Bertz CT molecular complexity index is 236. The fourth-order valence-corrected chi connectivity index (χ4v) is 1.00. The van der Waals surface area contributed by atoms with E-state index < -0.39 is 6.10 Å². The molecule has 0 aliphatic rings. The Morgan fingerprint density at radius 3 is 2.33 bits per heavy atom. The summed E-state index contributed by atoms with van der Waals surface area (Å²) in [5, 5.41) is 11.0. The summed E-state index contributed by atoms with van der Waals surface area (Å²) in [6.45, 7) is 1.61. The van der Waals surface area contributed by atoms with Gasteiger partial charge in [-0.15, -0.1) is 0 Å². The van der Waals surface area contributed by atoms with Crippen LogP contribution >= 0.6 is 0 Å². The number of ether oxygens (including phenoxy) is 1. The van der Waals surface area contributed by atoms with Gasteiger partial charge in [-0.1, -0.05) is 31.2 Å². The minimum atomic E-state index is -0.717. The number of benzene rings is 1. The van der Waals surface area contributed by atoms with Gasteiger partial charge in [-0.05, 0) is 11.6 Å². The summed E-state index contributed by atoms with van der Waals surface area (Å²) in [5.41, 5.74) is 0.718. The van der Waals surface area contributed by atoms with Crippen molar-refractivity contribution in [2.75, 3.05) is 7.11 Å². The van der Waals surface area contributed by atoms with E-state index in [0.29, 0.717) is 5.75 Å². The summed E-state index contributed by atoms with van der Waals surface area (Å²) in [4.78, 5) is 0. The van der Waals surface area contributed by atoms with Gasteiger partial charge in [0.15, 0.2) is 0 Å². The minimum absolute atomic E-state index is 0. The van der Waals surface area contributed by atoms with E-state index in [-0.39, 0.29) is 18.9 Å². The molecule has 0 saturated carbocycles. The van der Waals surface area contributed by atoms with Crippen molar-refractivity contribution in [2.45, 2.75) is 13.0 Å². The molecular weight excluding hydrogens is 147 g/mol. The summed E-state index contributed by atoms with van der Waals surface area (Å²) < 4.78 is 5.01. The van der Waals surface area contributed by atoms with Gasteiger partial charge in [0.1, 0.15) is 5.75 Å². The van der Waals surface area contributed by atoms with E-state index in [1.807, 2.05) is 12.1 Å². The minimum Gasteiger partial charge on any atom is -0.849 e. The van der Waals surface area contributed by atoms with Crippen LogP contribution in [0.5, 0.6) is 5.75 Å². The molecule has 12 heavy (non-hydrogen) atoms. The Kier molecular flexibility index (Phi) is 5.08. The molecule has 60 valence electrons. The number of hydrogen-bond acceptors (Lipinski definition) is 2. The van der Waals surface area contributed by atoms with Gasteiger partial charge in [0, 0.05) is 0 Å². The van der Waals surface area contributed by atoms with Crippen molar-refractivity contribution < 1.29 is 28.7 Å². The second-order valence-corrected chi connectivity index (χ2v) is 2.38. The maximum Gasteiger partial charge on any atom is 1.00 e. The first-order valence-electron chi connectivity index (χ1n) is 3.54. The zero-order chi connectivity index (χ0) is 8.27. The van der Waals surface area contributed by atoms with E-state index in [9.17, 15) is 5.11 Å². The Hall–Kier alpha value is -0.423. The van der Waals surface area contributed by atoms with Crippen LogP contribution in [0.15, 0.2) is 24.3 Å². The van der Waals surface area contributed by atoms with Gasteiger partial charge in [-0.3, -0.25) is 0 Å². The van der Waals surface area contributed by atoms with Crippen LogP contribution in [0.3, 0.4) is 0 Å². The third kappa shape index (κ3) is 2.56. The fourth-order valence-electron chi connectivity index (χ4n) is 1.00. The zero-order valence-corrected chi connectivity index (χ0v) is 7.70. The molecule has 1 rings (SSSR count). The van der Waals surface area contributed by atoms with Crippen LogP contribution in [-0.2, 0) is 0 Å². The maximum atomic E-state index is 11.0. The van der Waals surface area contributed by atoms with E-state index in [4.69, 9.17) is 4.74 Å². The molecule has 0 amide bonds. The Morgan fingerprint density at radius 1 is 1.33 bits per heavy atom. The molecule has 1 aromatic carbocycles. The average molecular weight is 158 g/mol. The summed E-state index contributed by atoms with van der Waals surface area (Å²) in [7, 11) is 1.57. The molecule has 0 aliphatic carbocycles. The van der Waals surface area contributed by atoms with Crippen molar-refractivity contribution >= 4 is 0 Å². The molecule has 0 aliphatic heterocycles. The molecule has 0 aromatic heterocycles. The number of hydrogen-bond donors (Lipinski definition) is 0. The van der Waals surface area contributed by atoms with E-state index in [2.05, 4.69) is 0 Å². The largest absolute Gasteiger partial charge is 1.00 e. The molecule has 1 unspecified atom stereocenters. The predicted octanol–water partition coefficient (Wildman–Crippen LogP) is -1.88. The van der Waals surface area contributed by atoms with Crippen LogP contribution in [0.1, 0.15) is 18.6 Å². The molecule has 0 saturated heterocycles. The van der Waals surface area contributed by atoms with Crippen molar-refractivity contribution in [3.63, 3.8) is 0 Å². The monoisotopic (exact) mass is 158 g/mol. The molecule has 0 bridgehead atoms. The first kappa shape index (κ1) is 11.6. The predicted molar refractivity (Wildman–Crippen MR) is 41.4 cm³/mol. The van der Waals surface area contributed by atoms with Crippen molar-refractivity contribution in [1.29, 1.82) is 0 Å². The molecule has 2 nitrogen and oxygen atoms in total. The molecule has 0 N–H and O–H groups in total. The summed E-state index contributed by atoms with van der Waals surface area (Å²) in [5.74, 6) is 0.676. The van der Waals surface area contributed by atoms with Crippen LogP contribution in [0.4, 0.5) is 0 Å². The van der Waals surface area contributed by atoms with Crippen LogP contribution in [0, 0.1) is 0 Å². The second kappa shape index (κ2) is 5.26. The molecular formula is C9H11LiO2. The fraction of sp³-hybridized carbons (Fsp3) is 0.333. The van der Waals surface area contributed by atoms with Crippen molar-refractivity contribution in [1.82, 2.24) is 0 Å².